The number of H-pyrrole nitrogens is 1. The predicted octanol–water partition coefficient (Wildman–Crippen LogP) is 2.92. The maximum Gasteiger partial charge on any atom is 0.276 e. The van der Waals surface area contributed by atoms with Crippen LogP contribution in [-0.2, 0) is 6.42 Å². The molecule has 1 aromatic heterocycles. The van der Waals surface area contributed by atoms with Crippen molar-refractivity contribution in [3.8, 4) is 0 Å². The van der Waals surface area contributed by atoms with Crippen LogP contribution in [0.4, 0.5) is 5.69 Å². The van der Waals surface area contributed by atoms with Crippen LogP contribution in [-0.4, -0.2) is 16.1 Å². The molecule has 0 bridgehead atoms. The number of carbonyl (C=O) groups excluding carboxylic acids is 1. The lowest BCUT2D eigenvalue weighted by Gasteiger charge is -2.03. The van der Waals surface area contributed by atoms with Crippen molar-refractivity contribution in [2.75, 3.05) is 5.32 Å². The lowest BCUT2D eigenvalue weighted by Crippen LogP contribution is -2.12. The van der Waals surface area contributed by atoms with E-state index in [1.54, 1.807) is 6.07 Å². The molecule has 2 N–H and O–H groups in total. The maximum absolute atomic E-state index is 11.9. The maximum atomic E-state index is 11.9. The van der Waals surface area contributed by atoms with Gasteiger partial charge in [0.05, 0.1) is 0 Å². The molecule has 0 aliphatic rings. The van der Waals surface area contributed by atoms with Crippen LogP contribution in [0.5, 0.6) is 0 Å². The fraction of sp³-hybridized carbons (Fsp3) is 0.286. The number of hydrogen-bond donors (Lipinski definition) is 2. The number of aryl methyl sites for hydroxylation is 2. The number of aromatic nitrogens is 2. The zero-order chi connectivity index (χ0) is 13.0. The first kappa shape index (κ1) is 12.4. The molecule has 0 saturated carbocycles. The molecule has 4 nitrogen and oxygen atoms in total. The highest BCUT2D eigenvalue weighted by atomic mass is 16.1. The third kappa shape index (κ3) is 2.97. The first-order valence-corrected chi connectivity index (χ1v) is 6.11. The quantitative estimate of drug-likeness (QED) is 0.867. The Balaban J connectivity index is 2.07. The molecule has 1 heterocycles. The first-order valence-electron chi connectivity index (χ1n) is 6.11. The van der Waals surface area contributed by atoms with Gasteiger partial charge in [-0.15, -0.1) is 0 Å². The molecule has 2 aromatic rings. The van der Waals surface area contributed by atoms with E-state index in [0.29, 0.717) is 5.69 Å². The Bertz CT molecular complexity index is 545. The number of amides is 1. The number of rotatable bonds is 4. The summed E-state index contributed by atoms with van der Waals surface area (Å²) < 4.78 is 0. The van der Waals surface area contributed by atoms with Gasteiger partial charge < -0.3 is 5.32 Å². The number of carbonyl (C=O) groups is 1. The monoisotopic (exact) mass is 243 g/mol. The fourth-order valence-corrected chi connectivity index (χ4v) is 1.79. The van der Waals surface area contributed by atoms with Gasteiger partial charge in [-0.3, -0.25) is 9.89 Å². The van der Waals surface area contributed by atoms with Crippen LogP contribution in [0.2, 0.25) is 0 Å². The highest BCUT2D eigenvalue weighted by Crippen LogP contribution is 2.11. The zero-order valence-corrected chi connectivity index (χ0v) is 10.7. The Hall–Kier alpha value is -2.10. The number of nitrogens with zero attached hydrogens (tertiary/aromatic N) is 1. The van der Waals surface area contributed by atoms with Crippen molar-refractivity contribution >= 4 is 11.6 Å². The second-order valence-corrected chi connectivity index (χ2v) is 4.35. The first-order chi connectivity index (χ1) is 8.69. The van der Waals surface area contributed by atoms with Crippen molar-refractivity contribution in [2.24, 2.45) is 0 Å². The van der Waals surface area contributed by atoms with Gasteiger partial charge in [-0.1, -0.05) is 25.5 Å². The molecule has 0 atom stereocenters. The van der Waals surface area contributed by atoms with Crippen LogP contribution in [0.3, 0.4) is 0 Å². The van der Waals surface area contributed by atoms with Gasteiger partial charge in [0.1, 0.15) is 0 Å². The molecule has 0 radical (unpaired) electrons. The van der Waals surface area contributed by atoms with Crippen molar-refractivity contribution in [3.63, 3.8) is 0 Å². The number of benzene rings is 1. The summed E-state index contributed by atoms with van der Waals surface area (Å²) in [5, 5.41) is 9.72. The smallest absolute Gasteiger partial charge is 0.276 e. The minimum Gasteiger partial charge on any atom is -0.321 e. The Morgan fingerprint density at radius 1 is 1.39 bits per heavy atom. The van der Waals surface area contributed by atoms with Crippen LogP contribution < -0.4 is 5.32 Å². The van der Waals surface area contributed by atoms with E-state index in [1.165, 1.54) is 0 Å². The summed E-state index contributed by atoms with van der Waals surface area (Å²) in [6.45, 7) is 4.08. The normalized spacial score (nSPS) is 10.3. The minimum absolute atomic E-state index is 0.181. The van der Waals surface area contributed by atoms with Crippen LogP contribution in [0, 0.1) is 6.92 Å². The molecule has 18 heavy (non-hydrogen) atoms. The lowest BCUT2D eigenvalue weighted by atomic mass is 10.2. The van der Waals surface area contributed by atoms with E-state index in [9.17, 15) is 4.79 Å². The van der Waals surface area contributed by atoms with E-state index >= 15 is 0 Å². The Morgan fingerprint density at radius 2 is 2.22 bits per heavy atom. The standard InChI is InChI=1S/C14H17N3O/c1-3-5-12-9-13(17-16-12)14(18)15-11-7-4-6-10(2)8-11/h4,6-9H,3,5H2,1-2H3,(H,15,18)(H,16,17). The van der Waals surface area contributed by atoms with Crippen LogP contribution in [0.15, 0.2) is 30.3 Å². The summed E-state index contributed by atoms with van der Waals surface area (Å²) in [7, 11) is 0. The summed E-state index contributed by atoms with van der Waals surface area (Å²) in [5.41, 5.74) is 3.33. The van der Waals surface area contributed by atoms with E-state index < -0.39 is 0 Å². The molecule has 4 heteroatoms. The molecular weight excluding hydrogens is 226 g/mol. The van der Waals surface area contributed by atoms with E-state index in [4.69, 9.17) is 0 Å². The van der Waals surface area contributed by atoms with Gasteiger partial charge >= 0.3 is 0 Å². The second-order valence-electron chi connectivity index (χ2n) is 4.35. The summed E-state index contributed by atoms with van der Waals surface area (Å²) in [6, 6.07) is 9.50. The minimum atomic E-state index is -0.181. The lowest BCUT2D eigenvalue weighted by molar-refractivity contribution is 0.102. The number of hydrogen-bond acceptors (Lipinski definition) is 2. The summed E-state index contributed by atoms with van der Waals surface area (Å²) in [5.74, 6) is -0.181. The van der Waals surface area contributed by atoms with Crippen molar-refractivity contribution in [1.29, 1.82) is 0 Å². The Kier molecular flexibility index (Phi) is 3.77. The van der Waals surface area contributed by atoms with E-state index in [2.05, 4.69) is 22.4 Å². The average Bonchev–Trinajstić information content (AvgIpc) is 2.78. The fourth-order valence-electron chi connectivity index (χ4n) is 1.79. The Labute approximate surface area is 106 Å². The van der Waals surface area contributed by atoms with Crippen LogP contribution >= 0.6 is 0 Å². The topological polar surface area (TPSA) is 57.8 Å². The zero-order valence-electron chi connectivity index (χ0n) is 10.7. The van der Waals surface area contributed by atoms with Crippen LogP contribution in [0.1, 0.15) is 35.1 Å². The van der Waals surface area contributed by atoms with Gasteiger partial charge in [0.15, 0.2) is 5.69 Å². The molecule has 1 aromatic carbocycles. The molecule has 0 fully saturated rings. The predicted molar refractivity (Wildman–Crippen MR) is 71.7 cm³/mol. The van der Waals surface area contributed by atoms with Gasteiger partial charge in [-0.25, -0.2) is 0 Å². The van der Waals surface area contributed by atoms with Gasteiger partial charge in [-0.2, -0.15) is 5.10 Å². The van der Waals surface area contributed by atoms with Crippen molar-refractivity contribution in [2.45, 2.75) is 26.7 Å². The molecule has 2 rings (SSSR count). The van der Waals surface area contributed by atoms with E-state index in [-0.39, 0.29) is 5.91 Å². The van der Waals surface area contributed by atoms with Crippen LogP contribution in [0.25, 0.3) is 0 Å². The summed E-state index contributed by atoms with van der Waals surface area (Å²) in [6.07, 6.45) is 1.94. The van der Waals surface area contributed by atoms with Gasteiger partial charge in [0.2, 0.25) is 0 Å². The molecule has 0 spiro atoms. The summed E-state index contributed by atoms with van der Waals surface area (Å²) in [4.78, 5) is 11.9. The highest BCUT2D eigenvalue weighted by molar-refractivity contribution is 6.02. The molecule has 0 saturated heterocycles. The average molecular weight is 243 g/mol. The van der Waals surface area contributed by atoms with Gasteiger partial charge in [-0.05, 0) is 37.1 Å². The summed E-state index contributed by atoms with van der Waals surface area (Å²) >= 11 is 0. The highest BCUT2D eigenvalue weighted by Gasteiger charge is 2.10. The third-order valence-corrected chi connectivity index (χ3v) is 2.66. The van der Waals surface area contributed by atoms with E-state index in [1.807, 2.05) is 31.2 Å². The second kappa shape index (κ2) is 5.49. The van der Waals surface area contributed by atoms with Gasteiger partial charge in [0, 0.05) is 11.4 Å². The Morgan fingerprint density at radius 3 is 2.94 bits per heavy atom. The molecule has 0 aliphatic heterocycles. The number of aromatic amines is 1. The van der Waals surface area contributed by atoms with Crippen molar-refractivity contribution in [3.05, 3.63) is 47.3 Å². The number of nitrogens with one attached hydrogen (secondary N) is 2. The SMILES string of the molecule is CCCc1cc(C(=O)Nc2cccc(C)c2)n[nH]1. The third-order valence-electron chi connectivity index (χ3n) is 2.66. The molecular formula is C14H17N3O. The molecule has 1 amide bonds. The van der Waals surface area contributed by atoms with Gasteiger partial charge in [0.25, 0.3) is 5.91 Å². The van der Waals surface area contributed by atoms with Crippen molar-refractivity contribution < 1.29 is 4.79 Å². The largest absolute Gasteiger partial charge is 0.321 e. The van der Waals surface area contributed by atoms with Crippen molar-refractivity contribution in [1.82, 2.24) is 10.2 Å². The number of anilines is 1. The molecule has 94 valence electrons. The molecule has 0 unspecified atom stereocenters. The molecule has 0 aliphatic carbocycles. The van der Waals surface area contributed by atoms with E-state index in [0.717, 1.165) is 29.8 Å².